The van der Waals surface area contributed by atoms with Crippen LogP contribution in [0, 0.1) is 0 Å². The fourth-order valence-electron chi connectivity index (χ4n) is 3.11. The molecule has 1 aromatic carbocycles. The van der Waals surface area contributed by atoms with E-state index in [0.717, 1.165) is 25.0 Å². The summed E-state index contributed by atoms with van der Waals surface area (Å²) in [7, 11) is 0. The normalized spacial score (nSPS) is 16.7. The molecule has 9 heteroatoms. The SMILES string of the molecule is O=C(Cn1cnc2c(nnn2Cc2ccccc2)c1=O)NC[C@H]1CCCO1. The lowest BCUT2D eigenvalue weighted by molar-refractivity contribution is -0.122. The quantitative estimate of drug-likeness (QED) is 0.672. The van der Waals surface area contributed by atoms with Crippen LogP contribution >= 0.6 is 0 Å². The van der Waals surface area contributed by atoms with Gasteiger partial charge in [-0.1, -0.05) is 35.5 Å². The third-order valence-electron chi connectivity index (χ3n) is 4.53. The molecule has 2 aromatic heterocycles. The molecule has 1 amide bonds. The van der Waals surface area contributed by atoms with Gasteiger partial charge in [0.1, 0.15) is 12.9 Å². The van der Waals surface area contributed by atoms with Crippen LogP contribution in [0.5, 0.6) is 0 Å². The summed E-state index contributed by atoms with van der Waals surface area (Å²) in [4.78, 5) is 29.0. The number of hydrogen-bond acceptors (Lipinski definition) is 6. The Morgan fingerprint density at radius 1 is 1.30 bits per heavy atom. The Kier molecular flexibility index (Phi) is 4.93. The number of hydrogen-bond donors (Lipinski definition) is 1. The fraction of sp³-hybridized carbons (Fsp3) is 0.389. The Morgan fingerprint density at radius 2 is 2.15 bits per heavy atom. The van der Waals surface area contributed by atoms with E-state index < -0.39 is 0 Å². The van der Waals surface area contributed by atoms with Crippen LogP contribution in [0.15, 0.2) is 41.5 Å². The first kappa shape index (κ1) is 17.3. The van der Waals surface area contributed by atoms with Gasteiger partial charge < -0.3 is 10.1 Å². The molecule has 140 valence electrons. The Balaban J connectivity index is 1.47. The molecule has 0 saturated carbocycles. The van der Waals surface area contributed by atoms with Crippen LogP contribution < -0.4 is 10.9 Å². The summed E-state index contributed by atoms with van der Waals surface area (Å²) >= 11 is 0. The molecule has 1 fully saturated rings. The van der Waals surface area contributed by atoms with Crippen molar-refractivity contribution in [1.29, 1.82) is 0 Å². The van der Waals surface area contributed by atoms with Crippen LogP contribution in [-0.4, -0.2) is 49.7 Å². The van der Waals surface area contributed by atoms with E-state index in [4.69, 9.17) is 4.74 Å². The highest BCUT2D eigenvalue weighted by atomic mass is 16.5. The van der Waals surface area contributed by atoms with E-state index in [0.29, 0.717) is 18.7 Å². The average molecular weight is 368 g/mol. The summed E-state index contributed by atoms with van der Waals surface area (Å²) < 4.78 is 8.29. The van der Waals surface area contributed by atoms with Crippen molar-refractivity contribution in [3.63, 3.8) is 0 Å². The van der Waals surface area contributed by atoms with E-state index >= 15 is 0 Å². The van der Waals surface area contributed by atoms with Crippen molar-refractivity contribution in [3.05, 3.63) is 52.6 Å². The standard InChI is InChI=1S/C18H20N6O3/c25-15(19-9-14-7-4-8-27-14)11-23-12-20-17-16(18(23)26)21-22-24(17)10-13-5-2-1-3-6-13/h1-3,5-6,12,14H,4,7-11H2,(H,19,25)/t14-/m1/s1. The molecule has 0 aliphatic carbocycles. The molecule has 3 aromatic rings. The first-order valence-electron chi connectivity index (χ1n) is 8.91. The van der Waals surface area contributed by atoms with Gasteiger partial charge in [0, 0.05) is 13.2 Å². The van der Waals surface area contributed by atoms with Gasteiger partial charge in [0.25, 0.3) is 5.56 Å². The smallest absolute Gasteiger partial charge is 0.283 e. The van der Waals surface area contributed by atoms with Gasteiger partial charge in [-0.3, -0.25) is 14.2 Å². The lowest BCUT2D eigenvalue weighted by atomic mass is 10.2. The van der Waals surface area contributed by atoms with Crippen molar-refractivity contribution < 1.29 is 9.53 Å². The molecule has 1 atom stereocenters. The van der Waals surface area contributed by atoms with Gasteiger partial charge in [-0.15, -0.1) is 5.10 Å². The van der Waals surface area contributed by atoms with Crippen LogP contribution in [0.4, 0.5) is 0 Å². The minimum absolute atomic E-state index is 0.0594. The molecule has 1 aliphatic rings. The summed E-state index contributed by atoms with van der Waals surface area (Å²) in [5.41, 5.74) is 1.20. The third-order valence-corrected chi connectivity index (χ3v) is 4.53. The molecule has 1 aliphatic heterocycles. The van der Waals surface area contributed by atoms with Gasteiger partial charge >= 0.3 is 0 Å². The number of fused-ring (bicyclic) bond motifs is 1. The van der Waals surface area contributed by atoms with E-state index in [1.807, 2.05) is 30.3 Å². The average Bonchev–Trinajstić information content (AvgIpc) is 3.34. The van der Waals surface area contributed by atoms with Gasteiger partial charge in [0.15, 0.2) is 11.2 Å². The predicted molar refractivity (Wildman–Crippen MR) is 97.1 cm³/mol. The molecule has 0 bridgehead atoms. The Hall–Kier alpha value is -3.07. The molecule has 3 heterocycles. The second-order valence-corrected chi connectivity index (χ2v) is 6.52. The predicted octanol–water partition coefficient (Wildman–Crippen LogP) is 0.331. The van der Waals surface area contributed by atoms with Gasteiger partial charge in [-0.25, -0.2) is 9.67 Å². The molecule has 9 nitrogen and oxygen atoms in total. The van der Waals surface area contributed by atoms with Crippen LogP contribution in [0.2, 0.25) is 0 Å². The van der Waals surface area contributed by atoms with Crippen molar-refractivity contribution in [2.75, 3.05) is 13.2 Å². The highest BCUT2D eigenvalue weighted by Crippen LogP contribution is 2.10. The molecule has 27 heavy (non-hydrogen) atoms. The zero-order chi connectivity index (χ0) is 18.6. The molecule has 0 unspecified atom stereocenters. The van der Waals surface area contributed by atoms with Crippen LogP contribution in [-0.2, 0) is 22.6 Å². The summed E-state index contributed by atoms with van der Waals surface area (Å²) in [6, 6.07) is 9.73. The molecule has 0 radical (unpaired) electrons. The number of amides is 1. The van der Waals surface area contributed by atoms with Crippen LogP contribution in [0.1, 0.15) is 18.4 Å². The van der Waals surface area contributed by atoms with E-state index in [-0.39, 0.29) is 29.6 Å². The maximum atomic E-state index is 12.6. The van der Waals surface area contributed by atoms with Gasteiger partial charge in [-0.2, -0.15) is 0 Å². The molecular formula is C18H20N6O3. The fourth-order valence-corrected chi connectivity index (χ4v) is 3.11. The number of benzene rings is 1. The maximum absolute atomic E-state index is 12.6. The van der Waals surface area contributed by atoms with Gasteiger partial charge in [-0.05, 0) is 18.4 Å². The van der Waals surface area contributed by atoms with Gasteiger partial charge in [0.2, 0.25) is 5.91 Å². The Morgan fingerprint density at radius 3 is 2.93 bits per heavy atom. The van der Waals surface area contributed by atoms with Crippen molar-refractivity contribution in [1.82, 2.24) is 29.9 Å². The first-order valence-corrected chi connectivity index (χ1v) is 8.91. The minimum Gasteiger partial charge on any atom is -0.376 e. The van der Waals surface area contributed by atoms with Crippen LogP contribution in [0.25, 0.3) is 11.2 Å². The van der Waals surface area contributed by atoms with Gasteiger partial charge in [0.05, 0.1) is 12.6 Å². The van der Waals surface area contributed by atoms with E-state index in [9.17, 15) is 9.59 Å². The minimum atomic E-state index is -0.383. The van der Waals surface area contributed by atoms with Crippen LogP contribution in [0.3, 0.4) is 0 Å². The molecule has 1 N–H and O–H groups in total. The lowest BCUT2D eigenvalue weighted by Gasteiger charge is -2.11. The summed E-state index contributed by atoms with van der Waals surface area (Å²) in [5, 5.41) is 10.8. The number of carbonyl (C=O) groups excluding carboxylic acids is 1. The topological polar surface area (TPSA) is 104 Å². The molecule has 1 saturated heterocycles. The number of nitrogens with one attached hydrogen (secondary N) is 1. The number of aromatic nitrogens is 5. The summed E-state index contributed by atoms with van der Waals surface area (Å²) in [6.45, 7) is 1.55. The van der Waals surface area contributed by atoms with Crippen molar-refractivity contribution >= 4 is 17.1 Å². The first-order chi connectivity index (χ1) is 13.2. The van der Waals surface area contributed by atoms with E-state index in [1.54, 1.807) is 4.68 Å². The van der Waals surface area contributed by atoms with E-state index in [2.05, 4.69) is 20.6 Å². The number of ether oxygens (including phenoxy) is 1. The zero-order valence-corrected chi connectivity index (χ0v) is 14.7. The number of carbonyl (C=O) groups is 1. The molecule has 0 spiro atoms. The largest absolute Gasteiger partial charge is 0.376 e. The van der Waals surface area contributed by atoms with E-state index in [1.165, 1.54) is 10.9 Å². The molecule has 4 rings (SSSR count). The summed E-state index contributed by atoms with van der Waals surface area (Å²) in [6.07, 6.45) is 3.38. The summed E-state index contributed by atoms with van der Waals surface area (Å²) in [5.74, 6) is -0.259. The second-order valence-electron chi connectivity index (χ2n) is 6.52. The second kappa shape index (κ2) is 7.67. The zero-order valence-electron chi connectivity index (χ0n) is 14.7. The highest BCUT2D eigenvalue weighted by Gasteiger charge is 2.17. The third kappa shape index (κ3) is 3.87. The Labute approximate surface area is 155 Å². The molecular weight excluding hydrogens is 348 g/mol. The number of rotatable bonds is 6. The Bertz CT molecular complexity index is 991. The van der Waals surface area contributed by atoms with Crippen molar-refractivity contribution in [3.8, 4) is 0 Å². The van der Waals surface area contributed by atoms with Crippen molar-refractivity contribution in [2.45, 2.75) is 32.0 Å². The monoisotopic (exact) mass is 368 g/mol. The maximum Gasteiger partial charge on any atom is 0.283 e. The highest BCUT2D eigenvalue weighted by molar-refractivity contribution is 5.76. The van der Waals surface area contributed by atoms with Crippen molar-refractivity contribution in [2.24, 2.45) is 0 Å². The number of nitrogens with zero attached hydrogens (tertiary/aromatic N) is 5. The lowest BCUT2D eigenvalue weighted by Crippen LogP contribution is -2.36.